The van der Waals surface area contributed by atoms with Crippen molar-refractivity contribution in [2.45, 2.75) is 27.7 Å². The number of urea groups is 1. The van der Waals surface area contributed by atoms with Crippen LogP contribution in [0.25, 0.3) is 20.8 Å². The van der Waals surface area contributed by atoms with Crippen molar-refractivity contribution in [2.75, 3.05) is 12.0 Å². The molecule has 0 aliphatic carbocycles. The number of ether oxygens (including phenoxy) is 1. The second kappa shape index (κ2) is 8.78. The number of aryl methyl sites for hydroxylation is 3. The van der Waals surface area contributed by atoms with Crippen LogP contribution in [-0.2, 0) is 0 Å². The molecule has 3 aromatic carbocycles. The molecule has 0 aliphatic heterocycles. The van der Waals surface area contributed by atoms with E-state index in [2.05, 4.69) is 35.8 Å². The van der Waals surface area contributed by atoms with Crippen molar-refractivity contribution >= 4 is 33.3 Å². The van der Waals surface area contributed by atoms with Crippen LogP contribution in [0.3, 0.4) is 0 Å². The van der Waals surface area contributed by atoms with Gasteiger partial charge in [-0.1, -0.05) is 18.2 Å². The van der Waals surface area contributed by atoms with E-state index in [1.807, 2.05) is 57.2 Å². The summed E-state index contributed by atoms with van der Waals surface area (Å²) in [4.78, 5) is 16.9. The van der Waals surface area contributed by atoms with E-state index in [1.54, 1.807) is 11.3 Å². The Morgan fingerprint density at radius 2 is 1.71 bits per heavy atom. The molecular formula is C25H25N3O2S. The molecule has 0 atom stereocenters. The summed E-state index contributed by atoms with van der Waals surface area (Å²) in [6, 6.07) is 17.7. The van der Waals surface area contributed by atoms with Gasteiger partial charge in [0.05, 0.1) is 10.2 Å². The van der Waals surface area contributed by atoms with Crippen LogP contribution in [0.2, 0.25) is 0 Å². The summed E-state index contributed by atoms with van der Waals surface area (Å²) >= 11 is 1.67. The molecule has 0 saturated carbocycles. The highest BCUT2D eigenvalue weighted by molar-refractivity contribution is 7.21. The minimum Gasteiger partial charge on any atom is -0.473 e. The van der Waals surface area contributed by atoms with E-state index < -0.39 is 0 Å². The predicted molar refractivity (Wildman–Crippen MR) is 128 cm³/mol. The summed E-state index contributed by atoms with van der Waals surface area (Å²) in [5.74, 6) is 0.815. The lowest BCUT2D eigenvalue weighted by Gasteiger charge is -2.14. The lowest BCUT2D eigenvalue weighted by Crippen LogP contribution is -2.32. The van der Waals surface area contributed by atoms with Crippen LogP contribution in [0.4, 0.5) is 10.5 Å². The highest BCUT2D eigenvalue weighted by atomic mass is 32.1. The van der Waals surface area contributed by atoms with Gasteiger partial charge in [0, 0.05) is 11.3 Å². The van der Waals surface area contributed by atoms with Gasteiger partial charge in [-0.05, 0) is 86.3 Å². The summed E-state index contributed by atoms with van der Waals surface area (Å²) in [6.45, 7) is 8.24. The maximum Gasteiger partial charge on any atom is 0.321 e. The van der Waals surface area contributed by atoms with Gasteiger partial charge in [-0.3, -0.25) is 0 Å². The van der Waals surface area contributed by atoms with Crippen molar-refractivity contribution in [3.63, 3.8) is 0 Å². The normalized spacial score (nSPS) is 10.8. The molecule has 4 aromatic rings. The fourth-order valence-corrected chi connectivity index (χ4v) is 4.42. The summed E-state index contributed by atoms with van der Waals surface area (Å²) in [5, 5.41) is 6.54. The second-order valence-electron chi connectivity index (χ2n) is 7.64. The first-order chi connectivity index (χ1) is 14.9. The van der Waals surface area contributed by atoms with E-state index in [4.69, 9.17) is 9.72 Å². The first kappa shape index (κ1) is 20.9. The summed E-state index contributed by atoms with van der Waals surface area (Å²) in [7, 11) is 0. The topological polar surface area (TPSA) is 63.2 Å². The zero-order valence-corrected chi connectivity index (χ0v) is 18.9. The lowest BCUT2D eigenvalue weighted by molar-refractivity contribution is 0.234. The van der Waals surface area contributed by atoms with E-state index in [1.165, 1.54) is 10.3 Å². The highest BCUT2D eigenvalue weighted by Crippen LogP contribution is 2.31. The number of amides is 2. The summed E-state index contributed by atoms with van der Waals surface area (Å²) in [6.07, 6.45) is 0. The zero-order valence-electron chi connectivity index (χ0n) is 18.1. The van der Waals surface area contributed by atoms with Crippen LogP contribution in [0, 0.1) is 27.7 Å². The molecule has 0 unspecified atom stereocenters. The Morgan fingerprint density at radius 1 is 0.968 bits per heavy atom. The largest absolute Gasteiger partial charge is 0.473 e. The third-order valence-electron chi connectivity index (χ3n) is 5.26. The van der Waals surface area contributed by atoms with Gasteiger partial charge in [-0.25, -0.2) is 9.78 Å². The van der Waals surface area contributed by atoms with Crippen molar-refractivity contribution in [2.24, 2.45) is 0 Å². The first-order valence-corrected chi connectivity index (χ1v) is 10.9. The highest BCUT2D eigenvalue weighted by Gasteiger charge is 2.09. The molecule has 6 heteroatoms. The predicted octanol–water partition coefficient (Wildman–Crippen LogP) is 6.35. The average Bonchev–Trinajstić information content (AvgIpc) is 3.17. The summed E-state index contributed by atoms with van der Waals surface area (Å²) in [5.41, 5.74) is 7.26. The summed E-state index contributed by atoms with van der Waals surface area (Å²) < 4.78 is 6.97. The van der Waals surface area contributed by atoms with E-state index in [0.717, 1.165) is 38.5 Å². The van der Waals surface area contributed by atoms with Gasteiger partial charge < -0.3 is 15.4 Å². The van der Waals surface area contributed by atoms with Crippen LogP contribution in [0.5, 0.6) is 5.75 Å². The zero-order chi connectivity index (χ0) is 22.0. The van der Waals surface area contributed by atoms with Crippen molar-refractivity contribution in [1.29, 1.82) is 0 Å². The Bertz CT molecular complexity index is 1250. The maximum absolute atomic E-state index is 12.2. The van der Waals surface area contributed by atoms with Crippen LogP contribution < -0.4 is 15.4 Å². The Morgan fingerprint density at radius 3 is 2.48 bits per heavy atom. The Balaban J connectivity index is 1.35. The number of rotatable bonds is 5. The number of nitrogens with one attached hydrogen (secondary N) is 2. The van der Waals surface area contributed by atoms with Gasteiger partial charge in [0.1, 0.15) is 10.8 Å². The van der Waals surface area contributed by atoms with Gasteiger partial charge in [0.2, 0.25) is 0 Å². The smallest absolute Gasteiger partial charge is 0.321 e. The molecule has 4 rings (SSSR count). The Hall–Kier alpha value is -3.38. The van der Waals surface area contributed by atoms with E-state index in [9.17, 15) is 4.79 Å². The average molecular weight is 432 g/mol. The molecule has 0 fully saturated rings. The number of nitrogens with zero attached hydrogens (tertiary/aromatic N) is 1. The first-order valence-electron chi connectivity index (χ1n) is 10.1. The SMILES string of the molecule is Cc1ccc2nc(-c3ccc(NC(=O)NCOc4c(C)ccc(C)c4C)cc3)sc2c1. The second-order valence-corrected chi connectivity index (χ2v) is 8.67. The fourth-order valence-electron chi connectivity index (χ4n) is 3.35. The van der Waals surface area contributed by atoms with Crippen LogP contribution in [0.1, 0.15) is 22.3 Å². The number of anilines is 1. The number of fused-ring (bicyclic) bond motifs is 1. The number of carbonyl (C=O) groups is 1. The van der Waals surface area contributed by atoms with Gasteiger partial charge in [0.15, 0.2) is 6.73 Å². The van der Waals surface area contributed by atoms with E-state index in [-0.39, 0.29) is 12.8 Å². The van der Waals surface area contributed by atoms with Gasteiger partial charge >= 0.3 is 6.03 Å². The molecule has 31 heavy (non-hydrogen) atoms. The molecule has 2 N–H and O–H groups in total. The van der Waals surface area contributed by atoms with Gasteiger partial charge in [-0.15, -0.1) is 11.3 Å². The van der Waals surface area contributed by atoms with Gasteiger partial charge in [-0.2, -0.15) is 0 Å². The number of hydrogen-bond donors (Lipinski definition) is 2. The minimum absolute atomic E-state index is 0.0974. The maximum atomic E-state index is 12.2. The molecule has 0 bridgehead atoms. The minimum atomic E-state index is -0.314. The number of aromatic nitrogens is 1. The van der Waals surface area contributed by atoms with E-state index >= 15 is 0 Å². The Labute approximate surface area is 186 Å². The Kier molecular flexibility index (Phi) is 5.91. The molecule has 158 valence electrons. The molecule has 0 saturated heterocycles. The number of thiazole rings is 1. The molecule has 0 aliphatic rings. The van der Waals surface area contributed by atoms with E-state index in [0.29, 0.717) is 5.69 Å². The number of hydrogen-bond acceptors (Lipinski definition) is 4. The lowest BCUT2D eigenvalue weighted by atomic mass is 10.1. The number of benzene rings is 3. The van der Waals surface area contributed by atoms with Crippen LogP contribution in [-0.4, -0.2) is 17.7 Å². The molecule has 0 radical (unpaired) electrons. The number of carbonyl (C=O) groups excluding carboxylic acids is 1. The fraction of sp³-hybridized carbons (Fsp3) is 0.200. The quantitative estimate of drug-likeness (QED) is 0.362. The molecule has 5 nitrogen and oxygen atoms in total. The standard InChI is InChI=1S/C25H25N3O2S/c1-15-5-12-21-22(13-15)31-24(28-21)19-8-10-20(11-9-19)27-25(29)26-14-30-23-17(3)7-6-16(2)18(23)4/h5-13H,14H2,1-4H3,(H2,26,27,29). The van der Waals surface area contributed by atoms with Crippen molar-refractivity contribution in [1.82, 2.24) is 10.3 Å². The third-order valence-corrected chi connectivity index (χ3v) is 6.32. The molecule has 0 spiro atoms. The van der Waals surface area contributed by atoms with Crippen molar-refractivity contribution in [3.05, 3.63) is 76.9 Å². The van der Waals surface area contributed by atoms with Crippen LogP contribution >= 0.6 is 11.3 Å². The molecule has 1 aromatic heterocycles. The molecule has 2 amide bonds. The van der Waals surface area contributed by atoms with Crippen molar-refractivity contribution < 1.29 is 9.53 Å². The molecular weight excluding hydrogens is 406 g/mol. The van der Waals surface area contributed by atoms with Crippen LogP contribution in [0.15, 0.2) is 54.6 Å². The monoisotopic (exact) mass is 431 g/mol. The van der Waals surface area contributed by atoms with Gasteiger partial charge in [0.25, 0.3) is 0 Å². The molecule has 1 heterocycles. The van der Waals surface area contributed by atoms with Crippen molar-refractivity contribution in [3.8, 4) is 16.3 Å². The third kappa shape index (κ3) is 4.70.